The van der Waals surface area contributed by atoms with E-state index in [4.69, 9.17) is 18.9 Å². The third-order valence-electron chi connectivity index (χ3n) is 10.9. The van der Waals surface area contributed by atoms with Crippen LogP contribution in [-0.2, 0) is 67.7 Å². The molecule has 0 spiro atoms. The fraction of sp³-hybridized carbons (Fsp3) is 0.898. The van der Waals surface area contributed by atoms with Crippen LogP contribution in [0.4, 0.5) is 0 Å². The van der Waals surface area contributed by atoms with E-state index in [1.807, 2.05) is 34.9 Å². The minimum absolute atomic E-state index is 0.0186. The van der Waals surface area contributed by atoms with Gasteiger partial charge in [-0.05, 0) is 73.6 Å². The SMILES string of the molecule is COC(=O)CCOCCOCC[N+](C)(C)CCNS(=O)(=O)CCCNS(=O)(=O)CCCNC(=O)CC[C@H](NC(=O)CCCCCCCCCCCCCCCCC(=O)OC(C)(C)C)C(=O)OC(C)(C)C. The number of hydrogen-bond donors (Lipinski definition) is 4. The Hall–Kier alpha value is -2.95. The molecule has 0 aromatic heterocycles. The molecular formula is C49H96N5O14S2+. The van der Waals surface area contributed by atoms with Gasteiger partial charge in [0.15, 0.2) is 0 Å². The summed E-state index contributed by atoms with van der Waals surface area (Å²) in [5.74, 6) is -2.29. The normalized spacial score (nSPS) is 12.9. The lowest BCUT2D eigenvalue weighted by molar-refractivity contribution is -0.889. The first-order valence-electron chi connectivity index (χ1n) is 25.7. The number of nitrogens with one attached hydrogen (secondary N) is 4. The highest BCUT2D eigenvalue weighted by molar-refractivity contribution is 7.89. The molecule has 0 radical (unpaired) electrons. The third-order valence-corrected chi connectivity index (χ3v) is 13.8. The molecule has 0 saturated heterocycles. The first-order valence-corrected chi connectivity index (χ1v) is 29.0. The molecule has 0 saturated carbocycles. The summed E-state index contributed by atoms with van der Waals surface area (Å²) in [7, 11) is -2.14. The number of rotatable bonds is 44. The zero-order chi connectivity index (χ0) is 53.0. The van der Waals surface area contributed by atoms with Crippen molar-refractivity contribution >= 4 is 49.8 Å². The standard InChI is InChI=1S/C49H95N5O14S2/c1-48(2,3)67-46(58)27-23-21-19-17-15-13-11-10-12-14-16-18-20-22-26-44(56)53-42(47(59)68-49(4,5)6)28-29-43(55)50-31-24-40-69(60,61)51-32-25-41-70(62,63)52-33-34-54(7,8)35-37-66-39-38-65-36-30-45(57)64-9/h42,51-52H,10-41H2,1-9H3,(H-,50,53,55,56)/p+1/t42-/m0/s1. The lowest BCUT2D eigenvalue weighted by atomic mass is 10.0. The summed E-state index contributed by atoms with van der Waals surface area (Å²) in [4.78, 5) is 61.3. The summed E-state index contributed by atoms with van der Waals surface area (Å²) in [5, 5.41) is 5.42. The number of likely N-dealkylation sites (N-methyl/N-ethyl adjacent to an activating group) is 1. The highest BCUT2D eigenvalue weighted by Crippen LogP contribution is 2.16. The number of sulfonamides is 2. The summed E-state index contributed by atoms with van der Waals surface area (Å²) in [5.41, 5.74) is -1.21. The number of quaternary nitrogens is 1. The molecule has 0 unspecified atom stereocenters. The number of ether oxygens (including phenoxy) is 5. The molecule has 0 aliphatic heterocycles. The lowest BCUT2D eigenvalue weighted by Crippen LogP contribution is -2.47. The van der Waals surface area contributed by atoms with Crippen LogP contribution in [0.5, 0.6) is 0 Å². The van der Waals surface area contributed by atoms with Crippen LogP contribution in [0, 0.1) is 0 Å². The van der Waals surface area contributed by atoms with E-state index in [0.29, 0.717) is 50.2 Å². The molecular weight excluding hydrogens is 947 g/mol. The second kappa shape index (κ2) is 37.7. The average Bonchev–Trinajstić information content (AvgIpc) is 3.24. The smallest absolute Gasteiger partial charge is 0.329 e. The van der Waals surface area contributed by atoms with E-state index in [9.17, 15) is 40.8 Å². The maximum atomic E-state index is 13.0. The quantitative estimate of drug-likeness (QED) is 0.0252. The topological polar surface area (TPSA) is 248 Å². The van der Waals surface area contributed by atoms with E-state index in [2.05, 4.69) is 24.8 Å². The van der Waals surface area contributed by atoms with Gasteiger partial charge >= 0.3 is 17.9 Å². The van der Waals surface area contributed by atoms with Crippen LogP contribution in [0.1, 0.15) is 176 Å². The summed E-state index contributed by atoms with van der Waals surface area (Å²) in [6.07, 6.45) is 16.4. The Bertz CT molecular complexity index is 1680. The van der Waals surface area contributed by atoms with E-state index in [1.54, 1.807) is 20.8 Å². The molecule has 0 heterocycles. The Balaban J connectivity index is 4.28. The second-order valence-corrected chi connectivity index (χ2v) is 24.5. The number of amides is 2. The van der Waals surface area contributed by atoms with Crippen molar-refractivity contribution < 1.29 is 69.0 Å². The van der Waals surface area contributed by atoms with Crippen LogP contribution in [0.3, 0.4) is 0 Å². The Morgan fingerprint density at radius 3 is 1.49 bits per heavy atom. The van der Waals surface area contributed by atoms with Crippen molar-refractivity contribution in [2.24, 2.45) is 0 Å². The molecule has 21 heteroatoms. The van der Waals surface area contributed by atoms with E-state index in [-0.39, 0.29) is 94.1 Å². The maximum absolute atomic E-state index is 13.0. The number of hydrogen-bond acceptors (Lipinski definition) is 14. The van der Waals surface area contributed by atoms with Crippen molar-refractivity contribution in [3.8, 4) is 0 Å². The van der Waals surface area contributed by atoms with Gasteiger partial charge in [0.1, 0.15) is 23.8 Å². The van der Waals surface area contributed by atoms with Gasteiger partial charge in [0, 0.05) is 32.4 Å². The molecule has 0 bridgehead atoms. The molecule has 19 nitrogen and oxygen atoms in total. The summed E-state index contributed by atoms with van der Waals surface area (Å²) in [6.45, 7) is 13.6. The number of carbonyl (C=O) groups excluding carboxylic acids is 5. The first kappa shape index (κ1) is 67.0. The number of carbonyl (C=O) groups is 5. The molecule has 2 amide bonds. The van der Waals surface area contributed by atoms with Crippen LogP contribution >= 0.6 is 0 Å². The highest BCUT2D eigenvalue weighted by atomic mass is 32.2. The van der Waals surface area contributed by atoms with Gasteiger partial charge in [0.25, 0.3) is 0 Å². The van der Waals surface area contributed by atoms with Crippen molar-refractivity contribution in [1.82, 2.24) is 20.1 Å². The van der Waals surface area contributed by atoms with Gasteiger partial charge in [-0.3, -0.25) is 19.2 Å². The maximum Gasteiger partial charge on any atom is 0.329 e. The Labute approximate surface area is 422 Å². The largest absolute Gasteiger partial charge is 0.469 e. The van der Waals surface area contributed by atoms with Gasteiger partial charge < -0.3 is 38.8 Å². The van der Waals surface area contributed by atoms with Crippen molar-refractivity contribution in [2.45, 2.75) is 194 Å². The minimum atomic E-state index is -3.73. The van der Waals surface area contributed by atoms with Crippen molar-refractivity contribution in [2.75, 3.05) is 91.9 Å². The predicted octanol–water partition coefficient (Wildman–Crippen LogP) is 5.58. The molecule has 0 rings (SSSR count). The van der Waals surface area contributed by atoms with Crippen LogP contribution in [0.15, 0.2) is 0 Å². The Morgan fingerprint density at radius 2 is 0.971 bits per heavy atom. The molecule has 0 aliphatic rings. The zero-order valence-electron chi connectivity index (χ0n) is 44.7. The Morgan fingerprint density at radius 1 is 0.500 bits per heavy atom. The van der Waals surface area contributed by atoms with Crippen LogP contribution in [0.25, 0.3) is 0 Å². The van der Waals surface area contributed by atoms with E-state index < -0.39 is 49.2 Å². The zero-order valence-corrected chi connectivity index (χ0v) is 46.3. The van der Waals surface area contributed by atoms with Crippen molar-refractivity contribution in [3.63, 3.8) is 0 Å². The fourth-order valence-electron chi connectivity index (χ4n) is 6.95. The van der Waals surface area contributed by atoms with Crippen LogP contribution in [0.2, 0.25) is 0 Å². The van der Waals surface area contributed by atoms with Gasteiger partial charge in [0.2, 0.25) is 31.9 Å². The number of esters is 3. The molecule has 70 heavy (non-hydrogen) atoms. The molecule has 4 N–H and O–H groups in total. The van der Waals surface area contributed by atoms with Gasteiger partial charge in [-0.25, -0.2) is 31.1 Å². The third kappa shape index (κ3) is 43.8. The number of unbranched alkanes of at least 4 members (excludes halogenated alkanes) is 13. The molecule has 0 aromatic rings. The van der Waals surface area contributed by atoms with E-state index >= 15 is 0 Å². The molecule has 412 valence electrons. The number of nitrogens with zero attached hydrogens (tertiary/aromatic N) is 1. The van der Waals surface area contributed by atoms with Gasteiger partial charge in [-0.15, -0.1) is 0 Å². The summed E-state index contributed by atoms with van der Waals surface area (Å²) in [6, 6.07) is -1.01. The van der Waals surface area contributed by atoms with E-state index in [1.165, 1.54) is 52.1 Å². The molecule has 0 aliphatic carbocycles. The minimum Gasteiger partial charge on any atom is -0.469 e. The van der Waals surface area contributed by atoms with Gasteiger partial charge in [-0.2, -0.15) is 0 Å². The van der Waals surface area contributed by atoms with E-state index in [0.717, 1.165) is 38.5 Å². The van der Waals surface area contributed by atoms with Crippen molar-refractivity contribution in [3.05, 3.63) is 0 Å². The fourth-order valence-corrected chi connectivity index (χ4v) is 9.15. The lowest BCUT2D eigenvalue weighted by Gasteiger charge is -2.29. The number of methoxy groups -OCH3 is 1. The summed E-state index contributed by atoms with van der Waals surface area (Å²) >= 11 is 0. The Kier molecular flexibility index (Phi) is 36.2. The predicted molar refractivity (Wildman–Crippen MR) is 273 cm³/mol. The first-order chi connectivity index (χ1) is 32.7. The second-order valence-electron chi connectivity index (χ2n) is 20.6. The monoisotopic (exact) mass is 1040 g/mol. The molecule has 0 fully saturated rings. The highest BCUT2D eigenvalue weighted by Gasteiger charge is 2.27. The van der Waals surface area contributed by atoms with Crippen LogP contribution in [-0.4, -0.2) is 160 Å². The van der Waals surface area contributed by atoms with Gasteiger partial charge in [-0.1, -0.05) is 77.0 Å². The summed E-state index contributed by atoms with van der Waals surface area (Å²) < 4.78 is 81.9. The van der Waals surface area contributed by atoms with Gasteiger partial charge in [0.05, 0.1) is 78.6 Å². The van der Waals surface area contributed by atoms with Crippen molar-refractivity contribution in [1.29, 1.82) is 0 Å². The van der Waals surface area contributed by atoms with Crippen LogP contribution < -0.4 is 20.1 Å². The molecule has 1 atom stereocenters. The average molecular weight is 1040 g/mol. The molecule has 0 aromatic carbocycles.